The van der Waals surface area contributed by atoms with Crippen molar-refractivity contribution in [2.45, 2.75) is 19.8 Å². The zero-order chi connectivity index (χ0) is 14.2. The van der Waals surface area contributed by atoms with E-state index >= 15 is 0 Å². The third-order valence-electron chi connectivity index (χ3n) is 1.56. The fourth-order valence-corrected chi connectivity index (χ4v) is 0.863. The summed E-state index contributed by atoms with van der Waals surface area (Å²) in [6, 6.07) is 12.0. The number of hydrogen-bond donors (Lipinski definition) is 3. The van der Waals surface area contributed by atoms with Gasteiger partial charge in [-0.15, -0.1) is 0 Å². The lowest BCUT2D eigenvalue weighted by molar-refractivity contribution is -0.141. The van der Waals surface area contributed by atoms with Crippen LogP contribution in [0.25, 0.3) is 0 Å². The van der Waals surface area contributed by atoms with Crippen molar-refractivity contribution in [1.29, 1.82) is 5.41 Å². The maximum absolute atomic E-state index is 10.2. The Hall–Kier alpha value is -1.88. The topological polar surface area (TPSA) is 102 Å². The molecule has 1 rings (SSSR count). The lowest BCUT2D eigenvalue weighted by Gasteiger charge is -1.99. The number of rotatable bonds is 4. The van der Waals surface area contributed by atoms with Crippen molar-refractivity contribution < 1.29 is 9.53 Å². The van der Waals surface area contributed by atoms with Crippen LogP contribution in [0.2, 0.25) is 0 Å². The number of nitrogens with two attached hydrogens (primary N) is 2. The first-order valence-corrected chi connectivity index (χ1v) is 5.67. The standard InChI is InChI=1S/C6H12N2O2.C6H6.CH5N/c1-5(9)10-4-2-3-6(7)8;1-2-4-6-5-3-1;1-2/h2-4H2,1H3,(H3,7,8);1-6H;2H2,1H3. The Kier molecular flexibility index (Phi) is 15.5. The summed E-state index contributed by atoms with van der Waals surface area (Å²) < 4.78 is 4.60. The van der Waals surface area contributed by atoms with Gasteiger partial charge < -0.3 is 16.2 Å². The van der Waals surface area contributed by atoms with Crippen LogP contribution in [0.1, 0.15) is 19.8 Å². The molecule has 0 heterocycles. The zero-order valence-corrected chi connectivity index (χ0v) is 11.1. The molecule has 5 N–H and O–H groups in total. The first kappa shape index (κ1) is 18.5. The Morgan fingerprint density at radius 2 is 1.50 bits per heavy atom. The van der Waals surface area contributed by atoms with Crippen LogP contribution in [0, 0.1) is 5.41 Å². The molecule has 0 fully saturated rings. The smallest absolute Gasteiger partial charge is 0.302 e. The minimum Gasteiger partial charge on any atom is -0.466 e. The largest absolute Gasteiger partial charge is 0.466 e. The van der Waals surface area contributed by atoms with Crippen molar-refractivity contribution in [3.63, 3.8) is 0 Å². The van der Waals surface area contributed by atoms with Crippen LogP contribution in [0.5, 0.6) is 0 Å². The molecule has 0 radical (unpaired) electrons. The molecule has 1 aromatic carbocycles. The Morgan fingerprint density at radius 3 is 1.78 bits per heavy atom. The van der Waals surface area contributed by atoms with Crippen molar-refractivity contribution in [3.8, 4) is 0 Å². The first-order valence-electron chi connectivity index (χ1n) is 5.67. The van der Waals surface area contributed by atoms with Crippen molar-refractivity contribution >= 4 is 11.8 Å². The van der Waals surface area contributed by atoms with Gasteiger partial charge in [0.05, 0.1) is 12.4 Å². The molecule has 0 aliphatic carbocycles. The Labute approximate surface area is 109 Å². The molecule has 102 valence electrons. The Morgan fingerprint density at radius 1 is 1.11 bits per heavy atom. The molecular formula is C13H23N3O2. The minimum atomic E-state index is -0.288. The predicted octanol–water partition coefficient (Wildman–Crippen LogP) is 1.53. The summed E-state index contributed by atoms with van der Waals surface area (Å²) in [6.07, 6.45) is 1.13. The quantitative estimate of drug-likeness (QED) is 0.327. The molecule has 18 heavy (non-hydrogen) atoms. The second-order valence-corrected chi connectivity index (χ2v) is 3.12. The highest BCUT2D eigenvalue weighted by Gasteiger charge is 1.93. The summed E-state index contributed by atoms with van der Waals surface area (Å²) in [5.41, 5.74) is 9.55. The molecule has 0 bridgehead atoms. The maximum Gasteiger partial charge on any atom is 0.302 e. The van der Waals surface area contributed by atoms with E-state index in [1.807, 2.05) is 36.4 Å². The fourth-order valence-electron chi connectivity index (χ4n) is 0.863. The summed E-state index contributed by atoms with van der Waals surface area (Å²) in [6.45, 7) is 1.71. The number of ether oxygens (including phenoxy) is 1. The average molecular weight is 253 g/mol. The van der Waals surface area contributed by atoms with E-state index < -0.39 is 0 Å². The van der Waals surface area contributed by atoms with Crippen LogP contribution in [-0.2, 0) is 9.53 Å². The van der Waals surface area contributed by atoms with Crippen LogP contribution >= 0.6 is 0 Å². The Balaban J connectivity index is 0. The van der Waals surface area contributed by atoms with Gasteiger partial charge in [0.1, 0.15) is 0 Å². The number of hydrogen-bond acceptors (Lipinski definition) is 4. The number of nitrogens with one attached hydrogen (secondary N) is 1. The average Bonchev–Trinajstić information content (AvgIpc) is 2.39. The molecule has 0 aliphatic heterocycles. The molecule has 0 unspecified atom stereocenters. The summed E-state index contributed by atoms with van der Waals surface area (Å²) >= 11 is 0. The summed E-state index contributed by atoms with van der Waals surface area (Å²) in [7, 11) is 1.50. The van der Waals surface area contributed by atoms with Crippen molar-refractivity contribution in [2.75, 3.05) is 13.7 Å². The van der Waals surface area contributed by atoms with E-state index in [2.05, 4.69) is 10.5 Å². The van der Waals surface area contributed by atoms with Gasteiger partial charge in [-0.05, 0) is 13.5 Å². The lowest BCUT2D eigenvalue weighted by atomic mass is 10.3. The molecule has 0 saturated carbocycles. The molecule has 0 aliphatic rings. The normalized spacial score (nSPS) is 7.94. The van der Waals surface area contributed by atoms with Gasteiger partial charge in [-0.3, -0.25) is 10.2 Å². The molecule has 0 spiro atoms. The molecular weight excluding hydrogens is 230 g/mol. The van der Waals surface area contributed by atoms with Crippen molar-refractivity contribution in [3.05, 3.63) is 36.4 Å². The van der Waals surface area contributed by atoms with Crippen LogP contribution in [0.3, 0.4) is 0 Å². The van der Waals surface area contributed by atoms with Gasteiger partial charge in [0.2, 0.25) is 0 Å². The van der Waals surface area contributed by atoms with Crippen LogP contribution < -0.4 is 11.5 Å². The lowest BCUT2D eigenvalue weighted by Crippen LogP contribution is -2.11. The van der Waals surface area contributed by atoms with Gasteiger partial charge in [0.15, 0.2) is 0 Å². The van der Waals surface area contributed by atoms with E-state index in [1.54, 1.807) is 0 Å². The molecule has 0 atom stereocenters. The highest BCUT2D eigenvalue weighted by atomic mass is 16.5. The highest BCUT2D eigenvalue weighted by Crippen LogP contribution is 1.88. The van der Waals surface area contributed by atoms with E-state index in [1.165, 1.54) is 14.0 Å². The summed E-state index contributed by atoms with van der Waals surface area (Å²) in [5.74, 6) is -0.157. The van der Waals surface area contributed by atoms with Gasteiger partial charge >= 0.3 is 5.97 Å². The summed E-state index contributed by atoms with van der Waals surface area (Å²) in [5, 5.41) is 6.82. The van der Waals surface area contributed by atoms with Crippen LogP contribution in [0.15, 0.2) is 36.4 Å². The van der Waals surface area contributed by atoms with Gasteiger partial charge in [0, 0.05) is 13.3 Å². The predicted molar refractivity (Wildman–Crippen MR) is 74.3 cm³/mol. The number of amidine groups is 1. The molecule has 5 nitrogen and oxygen atoms in total. The minimum absolute atomic E-state index is 0.132. The van der Waals surface area contributed by atoms with Crippen molar-refractivity contribution in [1.82, 2.24) is 0 Å². The molecule has 1 aromatic rings. The van der Waals surface area contributed by atoms with Gasteiger partial charge in [-0.25, -0.2) is 0 Å². The van der Waals surface area contributed by atoms with Crippen LogP contribution in [-0.4, -0.2) is 25.5 Å². The molecule has 0 aromatic heterocycles. The molecule has 0 saturated heterocycles. The Bertz CT molecular complexity index is 260. The van der Waals surface area contributed by atoms with E-state index in [9.17, 15) is 4.79 Å². The number of esters is 1. The third kappa shape index (κ3) is 19.7. The number of carbonyl (C=O) groups excluding carboxylic acids is 1. The zero-order valence-electron chi connectivity index (χ0n) is 11.1. The number of carbonyl (C=O) groups is 1. The molecule has 0 amide bonds. The highest BCUT2D eigenvalue weighted by molar-refractivity contribution is 5.76. The van der Waals surface area contributed by atoms with Crippen LogP contribution in [0.4, 0.5) is 0 Å². The SMILES string of the molecule is CC(=O)OCCCC(=N)N.CN.c1ccccc1. The summed E-state index contributed by atoms with van der Waals surface area (Å²) in [4.78, 5) is 10.2. The van der Waals surface area contributed by atoms with E-state index in [0.717, 1.165) is 0 Å². The van der Waals surface area contributed by atoms with Gasteiger partial charge in [0.25, 0.3) is 0 Å². The van der Waals surface area contributed by atoms with E-state index in [0.29, 0.717) is 19.4 Å². The van der Waals surface area contributed by atoms with Gasteiger partial charge in [-0.2, -0.15) is 0 Å². The van der Waals surface area contributed by atoms with E-state index in [4.69, 9.17) is 11.1 Å². The van der Waals surface area contributed by atoms with E-state index in [-0.39, 0.29) is 11.8 Å². The fraction of sp³-hybridized carbons (Fsp3) is 0.385. The van der Waals surface area contributed by atoms with Crippen molar-refractivity contribution in [2.24, 2.45) is 11.5 Å². The second kappa shape index (κ2) is 15.1. The third-order valence-corrected chi connectivity index (χ3v) is 1.56. The monoisotopic (exact) mass is 253 g/mol. The maximum atomic E-state index is 10.2. The number of benzene rings is 1. The first-order chi connectivity index (χ1) is 8.63. The molecule has 5 heteroatoms. The van der Waals surface area contributed by atoms with Gasteiger partial charge in [-0.1, -0.05) is 36.4 Å². The second-order valence-electron chi connectivity index (χ2n) is 3.12.